The second kappa shape index (κ2) is 6.72. The molecule has 2 aromatic heterocycles. The molecule has 0 bridgehead atoms. The Bertz CT molecular complexity index is 693. The molecule has 0 radical (unpaired) electrons. The van der Waals surface area contributed by atoms with E-state index in [1.54, 1.807) is 17.8 Å². The molecule has 0 aromatic carbocycles. The molecule has 8 heteroatoms. The number of carbonyl (C=O) groups is 1. The zero-order valence-electron chi connectivity index (χ0n) is 14.1. The minimum absolute atomic E-state index is 0.0982. The van der Waals surface area contributed by atoms with Gasteiger partial charge in [-0.1, -0.05) is 27.7 Å². The van der Waals surface area contributed by atoms with Gasteiger partial charge in [-0.25, -0.2) is 15.0 Å². The number of rotatable bonds is 5. The number of aromatic nitrogens is 5. The van der Waals surface area contributed by atoms with Crippen LogP contribution in [0.4, 0.5) is 5.95 Å². The Morgan fingerprint density at radius 1 is 1.26 bits per heavy atom. The van der Waals surface area contributed by atoms with Gasteiger partial charge in [-0.05, 0) is 17.9 Å². The molecule has 2 heterocycles. The number of amides is 1. The third kappa shape index (κ3) is 3.82. The topological polar surface area (TPSA) is 112 Å². The lowest BCUT2D eigenvalue weighted by atomic mass is 10.0. The summed E-state index contributed by atoms with van der Waals surface area (Å²) in [6.45, 7) is 7.99. The van der Waals surface area contributed by atoms with Gasteiger partial charge in [-0.15, -0.1) is 0 Å². The van der Waals surface area contributed by atoms with Gasteiger partial charge in [0.1, 0.15) is 17.8 Å². The van der Waals surface area contributed by atoms with E-state index in [-0.39, 0.29) is 35.4 Å². The largest absolute Gasteiger partial charge is 0.368 e. The van der Waals surface area contributed by atoms with Gasteiger partial charge in [0, 0.05) is 12.7 Å². The summed E-state index contributed by atoms with van der Waals surface area (Å²) in [5, 5.41) is 7.02. The van der Waals surface area contributed by atoms with Crippen molar-refractivity contribution in [1.29, 1.82) is 0 Å². The molecule has 0 saturated heterocycles. The van der Waals surface area contributed by atoms with Gasteiger partial charge in [-0.2, -0.15) is 5.10 Å². The van der Waals surface area contributed by atoms with Crippen molar-refractivity contribution < 1.29 is 4.79 Å². The highest BCUT2D eigenvalue weighted by molar-refractivity contribution is 5.92. The number of nitrogens with two attached hydrogens (primary N) is 1. The van der Waals surface area contributed by atoms with Crippen LogP contribution in [-0.2, 0) is 7.05 Å². The molecular formula is C15H23N7O. The molecular weight excluding hydrogens is 294 g/mol. The quantitative estimate of drug-likeness (QED) is 0.863. The first kappa shape index (κ1) is 16.9. The summed E-state index contributed by atoms with van der Waals surface area (Å²) in [6, 6.07) is 1.40. The van der Waals surface area contributed by atoms with E-state index in [4.69, 9.17) is 5.73 Å². The predicted octanol–water partition coefficient (Wildman–Crippen LogP) is 1.44. The third-order valence-corrected chi connectivity index (χ3v) is 3.57. The molecule has 0 aliphatic rings. The lowest BCUT2D eigenvalue weighted by molar-refractivity contribution is 0.0917. The number of hydrogen-bond acceptors (Lipinski definition) is 6. The molecule has 0 aliphatic heterocycles. The molecule has 0 aliphatic carbocycles. The Morgan fingerprint density at radius 3 is 2.48 bits per heavy atom. The molecule has 0 fully saturated rings. The summed E-state index contributed by atoms with van der Waals surface area (Å²) >= 11 is 0. The molecule has 2 rings (SSSR count). The first-order chi connectivity index (χ1) is 10.8. The number of carbonyl (C=O) groups excluding carboxylic acids is 1. The van der Waals surface area contributed by atoms with Crippen LogP contribution in [0.1, 0.15) is 61.7 Å². The molecule has 23 heavy (non-hydrogen) atoms. The van der Waals surface area contributed by atoms with Crippen LogP contribution in [0.15, 0.2) is 12.4 Å². The number of nitrogens with one attached hydrogen (secondary N) is 1. The smallest absolute Gasteiger partial charge is 0.270 e. The summed E-state index contributed by atoms with van der Waals surface area (Å²) in [5.41, 5.74) is 6.71. The van der Waals surface area contributed by atoms with Gasteiger partial charge in [0.25, 0.3) is 5.91 Å². The van der Waals surface area contributed by atoms with Gasteiger partial charge in [0.05, 0.1) is 6.04 Å². The average molecular weight is 317 g/mol. The third-order valence-electron chi connectivity index (χ3n) is 3.57. The highest BCUT2D eigenvalue weighted by Crippen LogP contribution is 2.20. The van der Waals surface area contributed by atoms with E-state index in [0.717, 1.165) is 5.69 Å². The summed E-state index contributed by atoms with van der Waals surface area (Å²) in [5.74, 6) is 0.792. The van der Waals surface area contributed by atoms with Gasteiger partial charge < -0.3 is 11.1 Å². The van der Waals surface area contributed by atoms with Crippen molar-refractivity contribution in [3.8, 4) is 0 Å². The zero-order chi connectivity index (χ0) is 17.1. The van der Waals surface area contributed by atoms with E-state index in [1.807, 2.05) is 27.7 Å². The van der Waals surface area contributed by atoms with Crippen LogP contribution < -0.4 is 11.1 Å². The van der Waals surface area contributed by atoms with Crippen molar-refractivity contribution >= 4 is 11.9 Å². The summed E-state index contributed by atoms with van der Waals surface area (Å²) in [4.78, 5) is 25.0. The van der Waals surface area contributed by atoms with Crippen LogP contribution in [0, 0.1) is 5.92 Å². The summed E-state index contributed by atoms with van der Waals surface area (Å²) in [7, 11) is 1.80. The normalized spacial score (nSPS) is 12.7. The van der Waals surface area contributed by atoms with Crippen LogP contribution in [-0.4, -0.2) is 30.6 Å². The molecule has 3 N–H and O–H groups in total. The highest BCUT2D eigenvalue weighted by Gasteiger charge is 2.24. The molecule has 1 atom stereocenters. The Hall–Kier alpha value is -2.51. The summed E-state index contributed by atoms with van der Waals surface area (Å²) < 4.78 is 1.65. The lowest BCUT2D eigenvalue weighted by Gasteiger charge is -2.21. The van der Waals surface area contributed by atoms with Crippen LogP contribution >= 0.6 is 0 Å². The van der Waals surface area contributed by atoms with E-state index in [2.05, 4.69) is 25.4 Å². The molecule has 1 amide bonds. The fraction of sp³-hybridized carbons (Fsp3) is 0.533. The minimum atomic E-state index is -0.303. The fourth-order valence-corrected chi connectivity index (χ4v) is 2.23. The molecule has 0 saturated carbocycles. The number of hydrogen-bond donors (Lipinski definition) is 2. The first-order valence-electron chi connectivity index (χ1n) is 7.58. The lowest BCUT2D eigenvalue weighted by Crippen LogP contribution is -2.34. The summed E-state index contributed by atoms with van der Waals surface area (Å²) in [6.07, 6.45) is 1.47. The maximum atomic E-state index is 12.6. The van der Waals surface area contributed by atoms with Gasteiger partial charge in [0.2, 0.25) is 5.95 Å². The SMILES string of the molecule is CC(C)c1cc(C(=O)N[C@@H](c2ncnn2C)C(C)C)nc(N)n1. The Balaban J connectivity index is 2.28. The highest BCUT2D eigenvalue weighted by atomic mass is 16.2. The minimum Gasteiger partial charge on any atom is -0.368 e. The molecule has 124 valence electrons. The van der Waals surface area contributed by atoms with Crippen molar-refractivity contribution in [1.82, 2.24) is 30.0 Å². The maximum absolute atomic E-state index is 12.6. The van der Waals surface area contributed by atoms with Crippen molar-refractivity contribution in [3.05, 3.63) is 29.6 Å². The zero-order valence-corrected chi connectivity index (χ0v) is 14.1. The average Bonchev–Trinajstić information content (AvgIpc) is 2.89. The number of nitrogens with zero attached hydrogens (tertiary/aromatic N) is 5. The number of nitrogen functional groups attached to an aromatic ring is 1. The first-order valence-corrected chi connectivity index (χ1v) is 7.58. The van der Waals surface area contributed by atoms with Gasteiger partial charge in [0.15, 0.2) is 0 Å². The Kier molecular flexibility index (Phi) is 4.92. The second-order valence-corrected chi connectivity index (χ2v) is 6.13. The van der Waals surface area contributed by atoms with E-state index < -0.39 is 0 Å². The molecule has 0 unspecified atom stereocenters. The standard InChI is InChI=1S/C15H23N7O/c1-8(2)10-6-11(20-15(16)19-10)14(23)21-12(9(3)4)13-17-7-18-22(13)5/h6-9,12H,1-5H3,(H,21,23)(H2,16,19,20)/t12-/m1/s1. The van der Waals surface area contributed by atoms with Crippen LogP contribution in [0.5, 0.6) is 0 Å². The van der Waals surface area contributed by atoms with Crippen LogP contribution in [0.2, 0.25) is 0 Å². The second-order valence-electron chi connectivity index (χ2n) is 6.13. The van der Waals surface area contributed by atoms with Crippen molar-refractivity contribution in [3.63, 3.8) is 0 Å². The molecule has 8 nitrogen and oxygen atoms in total. The van der Waals surface area contributed by atoms with Crippen LogP contribution in [0.25, 0.3) is 0 Å². The monoisotopic (exact) mass is 317 g/mol. The van der Waals surface area contributed by atoms with Crippen molar-refractivity contribution in [2.45, 2.75) is 39.7 Å². The van der Waals surface area contributed by atoms with Crippen molar-refractivity contribution in [2.75, 3.05) is 5.73 Å². The van der Waals surface area contributed by atoms with Gasteiger partial charge >= 0.3 is 0 Å². The predicted molar refractivity (Wildman–Crippen MR) is 86.6 cm³/mol. The van der Waals surface area contributed by atoms with E-state index in [9.17, 15) is 4.79 Å². The van der Waals surface area contributed by atoms with Crippen molar-refractivity contribution in [2.24, 2.45) is 13.0 Å². The molecule has 0 spiro atoms. The van der Waals surface area contributed by atoms with Gasteiger partial charge in [-0.3, -0.25) is 9.48 Å². The Morgan fingerprint density at radius 2 is 1.96 bits per heavy atom. The Labute approximate surface area is 135 Å². The van der Waals surface area contributed by atoms with Crippen LogP contribution in [0.3, 0.4) is 0 Å². The number of anilines is 1. The fourth-order valence-electron chi connectivity index (χ4n) is 2.23. The van der Waals surface area contributed by atoms with E-state index in [0.29, 0.717) is 5.82 Å². The molecule has 2 aromatic rings. The number of aryl methyl sites for hydroxylation is 1. The van der Waals surface area contributed by atoms with E-state index in [1.165, 1.54) is 6.33 Å². The maximum Gasteiger partial charge on any atom is 0.270 e. The van der Waals surface area contributed by atoms with E-state index >= 15 is 0 Å².